The Hall–Kier alpha value is -1.32. The molecule has 1 atom stereocenters. The summed E-state index contributed by atoms with van der Waals surface area (Å²) in [6.07, 6.45) is 2.21. The summed E-state index contributed by atoms with van der Waals surface area (Å²) in [5.74, 6) is -1.28. The number of rotatable bonds is 7. The third kappa shape index (κ3) is 4.21. The molecule has 0 heterocycles. The molecule has 0 radical (unpaired) electrons. The molecule has 0 aliphatic rings. The summed E-state index contributed by atoms with van der Waals surface area (Å²) in [7, 11) is 0. The van der Waals surface area contributed by atoms with Crippen molar-refractivity contribution in [2.75, 3.05) is 6.61 Å². The molecule has 1 unspecified atom stereocenters. The minimum atomic E-state index is -0.906. The number of carbonyl (C=O) groups excluding carboxylic acids is 1. The van der Waals surface area contributed by atoms with Crippen LogP contribution in [0.2, 0.25) is 0 Å². The molecule has 17 heavy (non-hydrogen) atoms. The first-order valence-corrected chi connectivity index (χ1v) is 5.71. The van der Waals surface area contributed by atoms with Crippen molar-refractivity contribution in [1.29, 1.82) is 0 Å². The molecule has 0 aliphatic heterocycles. The largest absolute Gasteiger partial charge is 0.481 e. The maximum absolute atomic E-state index is 11.8. The Labute approximate surface area is 103 Å². The molecule has 0 aromatic carbocycles. The highest BCUT2D eigenvalue weighted by molar-refractivity contribution is 5.79. The number of carboxylic acids is 1. The zero-order valence-corrected chi connectivity index (χ0v) is 11.1. The average molecular weight is 242 g/mol. The van der Waals surface area contributed by atoms with E-state index in [1.165, 1.54) is 6.08 Å². The second-order valence-electron chi connectivity index (χ2n) is 5.17. The first kappa shape index (κ1) is 15.7. The lowest BCUT2D eigenvalue weighted by Crippen LogP contribution is -2.37. The van der Waals surface area contributed by atoms with Gasteiger partial charge in [-0.15, -0.1) is 0 Å². The molecule has 0 fully saturated rings. The van der Waals surface area contributed by atoms with Gasteiger partial charge < -0.3 is 9.84 Å². The number of ether oxygens (including phenoxy) is 1. The molecular weight excluding hydrogens is 220 g/mol. The topological polar surface area (TPSA) is 63.6 Å². The molecule has 0 aromatic heterocycles. The first-order chi connectivity index (χ1) is 7.69. The fourth-order valence-electron chi connectivity index (χ4n) is 1.73. The molecule has 98 valence electrons. The highest BCUT2D eigenvalue weighted by Crippen LogP contribution is 2.37. The van der Waals surface area contributed by atoms with E-state index >= 15 is 0 Å². The van der Waals surface area contributed by atoms with Crippen molar-refractivity contribution >= 4 is 11.9 Å². The SMILES string of the molecule is C=CCOC(=O)C(C)(C)CC(C)(CC)C(=O)O. The third-order valence-corrected chi connectivity index (χ3v) is 3.01. The second kappa shape index (κ2) is 5.84. The number of hydrogen-bond acceptors (Lipinski definition) is 3. The van der Waals surface area contributed by atoms with Crippen molar-refractivity contribution in [1.82, 2.24) is 0 Å². The van der Waals surface area contributed by atoms with Crippen LogP contribution in [0.5, 0.6) is 0 Å². The highest BCUT2D eigenvalue weighted by atomic mass is 16.5. The summed E-state index contributed by atoms with van der Waals surface area (Å²) in [6, 6.07) is 0. The first-order valence-electron chi connectivity index (χ1n) is 5.71. The quantitative estimate of drug-likeness (QED) is 0.550. The molecule has 0 amide bonds. The number of aliphatic carboxylic acids is 1. The van der Waals surface area contributed by atoms with E-state index in [0.29, 0.717) is 6.42 Å². The van der Waals surface area contributed by atoms with Crippen LogP contribution >= 0.6 is 0 Å². The summed E-state index contributed by atoms with van der Waals surface area (Å²) in [4.78, 5) is 23.0. The molecule has 0 saturated heterocycles. The van der Waals surface area contributed by atoms with Crippen LogP contribution in [0.15, 0.2) is 12.7 Å². The van der Waals surface area contributed by atoms with E-state index in [4.69, 9.17) is 4.74 Å². The van der Waals surface area contributed by atoms with Crippen molar-refractivity contribution in [2.45, 2.75) is 40.5 Å². The Kier molecular flexibility index (Phi) is 5.39. The van der Waals surface area contributed by atoms with E-state index in [1.54, 1.807) is 27.7 Å². The van der Waals surface area contributed by atoms with Crippen molar-refractivity contribution in [3.63, 3.8) is 0 Å². The zero-order chi connectivity index (χ0) is 13.7. The van der Waals surface area contributed by atoms with E-state index < -0.39 is 22.8 Å². The van der Waals surface area contributed by atoms with Crippen LogP contribution in [0.3, 0.4) is 0 Å². The van der Waals surface area contributed by atoms with Gasteiger partial charge in [-0.25, -0.2) is 0 Å². The van der Waals surface area contributed by atoms with Crippen molar-refractivity contribution in [2.24, 2.45) is 10.8 Å². The van der Waals surface area contributed by atoms with E-state index in [9.17, 15) is 14.7 Å². The molecular formula is C13H22O4. The van der Waals surface area contributed by atoms with E-state index in [1.807, 2.05) is 0 Å². The molecule has 0 aliphatic carbocycles. The molecule has 4 heteroatoms. The predicted molar refractivity (Wildman–Crippen MR) is 65.6 cm³/mol. The van der Waals surface area contributed by atoms with Gasteiger partial charge in [-0.2, -0.15) is 0 Å². The fourth-order valence-corrected chi connectivity index (χ4v) is 1.73. The van der Waals surface area contributed by atoms with Gasteiger partial charge in [-0.3, -0.25) is 9.59 Å². The third-order valence-electron chi connectivity index (χ3n) is 3.01. The summed E-state index contributed by atoms with van der Waals surface area (Å²) in [5, 5.41) is 9.19. The van der Waals surface area contributed by atoms with E-state index in [2.05, 4.69) is 6.58 Å². The van der Waals surface area contributed by atoms with Gasteiger partial charge in [-0.1, -0.05) is 19.6 Å². The van der Waals surface area contributed by atoms with Gasteiger partial charge in [-0.05, 0) is 33.6 Å². The van der Waals surface area contributed by atoms with Crippen LogP contribution < -0.4 is 0 Å². The number of carbonyl (C=O) groups is 2. The molecule has 0 aromatic rings. The lowest BCUT2D eigenvalue weighted by Gasteiger charge is -2.32. The van der Waals surface area contributed by atoms with Gasteiger partial charge in [0.05, 0.1) is 10.8 Å². The molecule has 0 spiro atoms. The zero-order valence-electron chi connectivity index (χ0n) is 11.1. The highest BCUT2D eigenvalue weighted by Gasteiger charge is 2.41. The van der Waals surface area contributed by atoms with Crippen molar-refractivity contribution < 1.29 is 19.4 Å². The maximum atomic E-state index is 11.8. The standard InChI is InChI=1S/C13H22O4/c1-6-8-17-11(16)12(3,4)9-13(5,7-2)10(14)15/h6H,1,7-9H2,2-5H3,(H,14,15). The smallest absolute Gasteiger partial charge is 0.311 e. The molecule has 0 bridgehead atoms. The Morgan fingerprint density at radius 3 is 2.24 bits per heavy atom. The summed E-state index contributed by atoms with van der Waals surface area (Å²) in [6.45, 7) is 10.5. The lowest BCUT2D eigenvalue weighted by molar-refractivity contribution is -0.159. The van der Waals surface area contributed by atoms with Crippen LogP contribution in [-0.4, -0.2) is 23.7 Å². The van der Waals surface area contributed by atoms with Gasteiger partial charge in [0.1, 0.15) is 6.61 Å². The second-order valence-corrected chi connectivity index (χ2v) is 5.17. The Morgan fingerprint density at radius 1 is 1.35 bits per heavy atom. The van der Waals surface area contributed by atoms with Crippen LogP contribution in [0.1, 0.15) is 40.5 Å². The normalized spacial score (nSPS) is 14.8. The average Bonchev–Trinajstić information content (AvgIpc) is 2.24. The summed E-state index contributed by atoms with van der Waals surface area (Å²) < 4.78 is 4.98. The predicted octanol–water partition coefficient (Wildman–Crippen LogP) is 2.63. The fraction of sp³-hybridized carbons (Fsp3) is 0.692. The van der Waals surface area contributed by atoms with E-state index in [0.717, 1.165) is 0 Å². The van der Waals surface area contributed by atoms with Crippen LogP contribution in [0.25, 0.3) is 0 Å². The summed E-state index contributed by atoms with van der Waals surface area (Å²) in [5.41, 5.74) is -1.72. The number of esters is 1. The molecule has 0 rings (SSSR count). The number of carboxylic acid groups (broad SMARTS) is 1. The minimum Gasteiger partial charge on any atom is -0.481 e. The van der Waals surface area contributed by atoms with Crippen molar-refractivity contribution in [3.8, 4) is 0 Å². The van der Waals surface area contributed by atoms with Gasteiger partial charge in [0, 0.05) is 0 Å². The van der Waals surface area contributed by atoms with Gasteiger partial charge >= 0.3 is 11.9 Å². The van der Waals surface area contributed by atoms with E-state index in [-0.39, 0.29) is 13.0 Å². The Bertz CT molecular complexity index is 307. The maximum Gasteiger partial charge on any atom is 0.311 e. The monoisotopic (exact) mass is 242 g/mol. The van der Waals surface area contributed by atoms with Crippen LogP contribution in [0.4, 0.5) is 0 Å². The molecule has 0 saturated carbocycles. The Balaban J connectivity index is 4.77. The Morgan fingerprint density at radius 2 is 1.88 bits per heavy atom. The molecule has 4 nitrogen and oxygen atoms in total. The minimum absolute atomic E-state index is 0.151. The van der Waals surface area contributed by atoms with Gasteiger partial charge in [0.25, 0.3) is 0 Å². The van der Waals surface area contributed by atoms with Crippen LogP contribution in [-0.2, 0) is 14.3 Å². The molecule has 1 N–H and O–H groups in total. The summed E-state index contributed by atoms with van der Waals surface area (Å²) >= 11 is 0. The van der Waals surface area contributed by atoms with Crippen LogP contribution in [0, 0.1) is 10.8 Å². The lowest BCUT2D eigenvalue weighted by atomic mass is 9.72. The van der Waals surface area contributed by atoms with Gasteiger partial charge in [0.2, 0.25) is 0 Å². The number of hydrogen-bond donors (Lipinski definition) is 1. The van der Waals surface area contributed by atoms with Gasteiger partial charge in [0.15, 0.2) is 0 Å². The van der Waals surface area contributed by atoms with Crippen molar-refractivity contribution in [3.05, 3.63) is 12.7 Å².